The van der Waals surface area contributed by atoms with E-state index < -0.39 is 79.1 Å². The zero-order valence-electron chi connectivity index (χ0n) is 18.8. The van der Waals surface area contributed by atoms with E-state index in [4.69, 9.17) is 27.9 Å². The SMILES string of the molecule is CCCCC(C)CCOCC(CS(=O)(=O)O)OCC(CS(=O)(=O)O)OCC(O)CS(=O)(=O)O. The summed E-state index contributed by atoms with van der Waals surface area (Å²) >= 11 is 0. The number of unbranched alkanes of at least 4 members (excludes halogenated alkanes) is 1. The Balaban J connectivity index is 4.90. The average molecular weight is 545 g/mol. The van der Waals surface area contributed by atoms with E-state index in [9.17, 15) is 30.4 Å². The monoisotopic (exact) mass is 544 g/mol. The molecule has 0 aromatic carbocycles. The van der Waals surface area contributed by atoms with Crippen LogP contribution in [0.5, 0.6) is 0 Å². The van der Waals surface area contributed by atoms with Crippen LogP contribution in [-0.4, -0.2) is 106 Å². The van der Waals surface area contributed by atoms with Crippen molar-refractivity contribution in [3.63, 3.8) is 0 Å². The van der Waals surface area contributed by atoms with Crippen LogP contribution < -0.4 is 0 Å². The molecule has 0 bridgehead atoms. The van der Waals surface area contributed by atoms with Crippen LogP contribution in [-0.2, 0) is 44.6 Å². The van der Waals surface area contributed by atoms with Gasteiger partial charge in [-0.25, -0.2) is 0 Å². The summed E-state index contributed by atoms with van der Waals surface area (Å²) in [5.74, 6) is -2.52. The minimum Gasteiger partial charge on any atom is -0.390 e. The molecule has 16 heteroatoms. The third-order valence-electron chi connectivity index (χ3n) is 4.35. The summed E-state index contributed by atoms with van der Waals surface area (Å²) in [4.78, 5) is 0. The smallest absolute Gasteiger partial charge is 0.267 e. The molecule has 0 radical (unpaired) electrons. The molecule has 4 unspecified atom stereocenters. The van der Waals surface area contributed by atoms with Gasteiger partial charge in [0.25, 0.3) is 30.4 Å². The summed E-state index contributed by atoms with van der Waals surface area (Å²) in [7, 11) is -13.6. The first-order chi connectivity index (χ1) is 15.0. The van der Waals surface area contributed by atoms with Crippen LogP contribution in [0.2, 0.25) is 0 Å². The molecular weight excluding hydrogens is 508 g/mol. The average Bonchev–Trinajstić information content (AvgIpc) is 2.61. The molecule has 0 saturated heterocycles. The minimum atomic E-state index is -4.58. The van der Waals surface area contributed by atoms with E-state index in [2.05, 4.69) is 13.8 Å². The fraction of sp³-hybridized carbons (Fsp3) is 1.00. The van der Waals surface area contributed by atoms with Gasteiger partial charge in [0.05, 0.1) is 38.1 Å². The largest absolute Gasteiger partial charge is 0.390 e. The van der Waals surface area contributed by atoms with E-state index >= 15 is 0 Å². The second-order valence-corrected chi connectivity index (χ2v) is 12.4. The van der Waals surface area contributed by atoms with Crippen LogP contribution in [0.1, 0.15) is 39.5 Å². The lowest BCUT2D eigenvalue weighted by Crippen LogP contribution is -2.37. The number of hydrogen-bond acceptors (Lipinski definition) is 10. The van der Waals surface area contributed by atoms with Crippen molar-refractivity contribution in [3.05, 3.63) is 0 Å². The molecule has 0 aliphatic heterocycles. The Morgan fingerprint density at radius 2 is 1.21 bits per heavy atom. The number of hydrogen-bond donors (Lipinski definition) is 4. The maximum Gasteiger partial charge on any atom is 0.267 e. The molecule has 4 N–H and O–H groups in total. The van der Waals surface area contributed by atoms with E-state index in [0.717, 1.165) is 25.7 Å². The number of ether oxygens (including phenoxy) is 3. The highest BCUT2D eigenvalue weighted by Gasteiger charge is 2.25. The highest BCUT2D eigenvalue weighted by Crippen LogP contribution is 2.12. The maximum atomic E-state index is 11.3. The van der Waals surface area contributed by atoms with Crippen molar-refractivity contribution >= 4 is 30.4 Å². The summed E-state index contributed by atoms with van der Waals surface area (Å²) in [5, 5.41) is 9.55. The van der Waals surface area contributed by atoms with E-state index in [1.54, 1.807) is 0 Å². The fourth-order valence-corrected chi connectivity index (χ4v) is 4.64. The van der Waals surface area contributed by atoms with Gasteiger partial charge in [0, 0.05) is 6.61 Å². The Kier molecular flexibility index (Phi) is 15.3. The second kappa shape index (κ2) is 15.5. The minimum absolute atomic E-state index is 0.232. The summed E-state index contributed by atoms with van der Waals surface area (Å²) in [5.41, 5.74) is 0. The van der Waals surface area contributed by atoms with Gasteiger partial charge in [-0.1, -0.05) is 33.1 Å². The van der Waals surface area contributed by atoms with Crippen LogP contribution in [0.25, 0.3) is 0 Å². The number of rotatable bonds is 20. The Hall–Kier alpha value is -0.430. The van der Waals surface area contributed by atoms with Gasteiger partial charge >= 0.3 is 0 Å². The molecule has 4 atom stereocenters. The maximum absolute atomic E-state index is 11.3. The first-order valence-electron chi connectivity index (χ1n) is 10.3. The molecule has 0 aliphatic carbocycles. The van der Waals surface area contributed by atoms with E-state index in [0.29, 0.717) is 12.5 Å². The summed E-state index contributed by atoms with van der Waals surface area (Å²) in [6.07, 6.45) is -0.439. The topological polar surface area (TPSA) is 211 Å². The molecule has 0 heterocycles. The third-order valence-corrected chi connectivity index (χ3v) is 6.74. The van der Waals surface area contributed by atoms with Gasteiger partial charge < -0.3 is 19.3 Å². The second-order valence-electron chi connectivity index (χ2n) is 7.92. The number of aliphatic hydroxyl groups is 1. The Morgan fingerprint density at radius 3 is 1.70 bits per heavy atom. The van der Waals surface area contributed by atoms with Crippen molar-refractivity contribution in [3.8, 4) is 0 Å². The van der Waals surface area contributed by atoms with E-state index in [1.807, 2.05) is 0 Å². The first kappa shape index (κ1) is 32.6. The molecule has 0 rings (SSSR count). The molecule has 0 amide bonds. The van der Waals surface area contributed by atoms with Crippen LogP contribution in [0.4, 0.5) is 0 Å². The van der Waals surface area contributed by atoms with Crippen molar-refractivity contribution in [2.75, 3.05) is 43.7 Å². The zero-order chi connectivity index (χ0) is 25.7. The predicted octanol–water partition coefficient (Wildman–Crippen LogP) is 0.0141. The van der Waals surface area contributed by atoms with Crippen molar-refractivity contribution in [1.82, 2.24) is 0 Å². The molecule has 13 nitrogen and oxygen atoms in total. The lowest BCUT2D eigenvalue weighted by Gasteiger charge is -2.22. The predicted molar refractivity (Wildman–Crippen MR) is 119 cm³/mol. The highest BCUT2D eigenvalue weighted by atomic mass is 32.2. The van der Waals surface area contributed by atoms with Crippen molar-refractivity contribution in [2.24, 2.45) is 5.92 Å². The van der Waals surface area contributed by atoms with Gasteiger partial charge in [0.2, 0.25) is 0 Å². The van der Waals surface area contributed by atoms with Gasteiger partial charge in [-0.05, 0) is 12.3 Å². The van der Waals surface area contributed by atoms with Crippen LogP contribution in [0.3, 0.4) is 0 Å². The lowest BCUT2D eigenvalue weighted by molar-refractivity contribution is -0.0688. The molecule has 0 aliphatic rings. The molecule has 0 aromatic heterocycles. The summed E-state index contributed by atoms with van der Waals surface area (Å²) in [6.45, 7) is 2.90. The van der Waals surface area contributed by atoms with Crippen LogP contribution >= 0.6 is 0 Å². The highest BCUT2D eigenvalue weighted by molar-refractivity contribution is 7.86. The molecule has 0 spiro atoms. The summed E-state index contributed by atoms with van der Waals surface area (Å²) < 4.78 is 109. The molecule has 200 valence electrons. The third kappa shape index (κ3) is 21.8. The zero-order valence-corrected chi connectivity index (χ0v) is 21.2. The molecule has 0 fully saturated rings. The van der Waals surface area contributed by atoms with Gasteiger partial charge in [-0.3, -0.25) is 13.7 Å². The van der Waals surface area contributed by atoms with Gasteiger partial charge in [-0.15, -0.1) is 0 Å². The van der Waals surface area contributed by atoms with E-state index in [-0.39, 0.29) is 6.61 Å². The Bertz CT molecular complexity index is 839. The lowest BCUT2D eigenvalue weighted by atomic mass is 10.0. The van der Waals surface area contributed by atoms with Crippen molar-refractivity contribution in [2.45, 2.75) is 57.8 Å². The first-order valence-corrected chi connectivity index (χ1v) is 15.2. The standard InChI is InChI=1S/C17H36O13S3/c1-3-4-5-14(2)6-7-28-9-16(12-32(22,23)24)30-10-17(13-33(25,26)27)29-8-15(18)11-31(19,20)21/h14-18H,3-13H2,1-2H3,(H,19,20,21)(H,22,23,24)(H,25,26,27). The fourth-order valence-electron chi connectivity index (χ4n) is 2.74. The van der Waals surface area contributed by atoms with Crippen molar-refractivity contribution in [1.29, 1.82) is 0 Å². The van der Waals surface area contributed by atoms with Gasteiger partial charge in [0.1, 0.15) is 17.3 Å². The summed E-state index contributed by atoms with van der Waals surface area (Å²) in [6, 6.07) is 0. The molecule has 0 aromatic rings. The van der Waals surface area contributed by atoms with E-state index in [1.165, 1.54) is 0 Å². The number of aliphatic hydroxyl groups excluding tert-OH is 1. The Labute approximate surface area is 196 Å². The van der Waals surface area contributed by atoms with Crippen LogP contribution in [0, 0.1) is 5.92 Å². The normalized spacial score (nSPS) is 16.9. The molecule has 0 saturated carbocycles. The van der Waals surface area contributed by atoms with Crippen LogP contribution in [0.15, 0.2) is 0 Å². The molecule has 33 heavy (non-hydrogen) atoms. The Morgan fingerprint density at radius 1 is 0.727 bits per heavy atom. The molecular formula is C17H36O13S3. The van der Waals surface area contributed by atoms with Gasteiger partial charge in [0.15, 0.2) is 0 Å². The van der Waals surface area contributed by atoms with Crippen molar-refractivity contribution < 1.29 is 58.2 Å². The van der Waals surface area contributed by atoms with Gasteiger partial charge in [-0.2, -0.15) is 25.3 Å². The quantitative estimate of drug-likeness (QED) is 0.118.